The monoisotopic (exact) mass is 206 g/mol. The molecule has 0 aliphatic rings. The molecule has 0 heterocycles. The third-order valence-electron chi connectivity index (χ3n) is 1.91. The van der Waals surface area contributed by atoms with Crippen LogP contribution in [0.5, 0.6) is 0 Å². The number of hydrogen-bond donors (Lipinski definition) is 0. The Labute approximate surface area is 88.0 Å². The molecule has 0 saturated heterocycles. The van der Waals surface area contributed by atoms with Crippen molar-refractivity contribution in [2.45, 2.75) is 24.2 Å². The van der Waals surface area contributed by atoms with Crippen molar-refractivity contribution < 1.29 is 4.21 Å². The van der Waals surface area contributed by atoms with Crippen LogP contribution in [0.3, 0.4) is 0 Å². The fraction of sp³-hybridized carbons (Fsp3) is 0.333. The SMILES string of the molecule is C#CCCCC[S@](=O)c1ccccc1. The highest BCUT2D eigenvalue weighted by Gasteiger charge is 2.01. The maximum atomic E-state index is 11.7. The Balaban J connectivity index is 2.33. The molecule has 1 nitrogen and oxygen atoms in total. The number of hydrogen-bond acceptors (Lipinski definition) is 1. The molecule has 74 valence electrons. The Morgan fingerprint density at radius 1 is 1.21 bits per heavy atom. The van der Waals surface area contributed by atoms with Crippen molar-refractivity contribution in [2.24, 2.45) is 0 Å². The van der Waals surface area contributed by atoms with Gasteiger partial charge in [-0.15, -0.1) is 12.3 Å². The molecule has 0 saturated carbocycles. The molecule has 1 atom stereocenters. The molecule has 0 aliphatic carbocycles. The van der Waals surface area contributed by atoms with Gasteiger partial charge in [0.25, 0.3) is 0 Å². The predicted molar refractivity (Wildman–Crippen MR) is 60.4 cm³/mol. The molecule has 0 unspecified atom stereocenters. The lowest BCUT2D eigenvalue weighted by molar-refractivity contribution is 0.678. The average Bonchev–Trinajstić information content (AvgIpc) is 2.25. The summed E-state index contributed by atoms with van der Waals surface area (Å²) in [5, 5.41) is 0. The molecular formula is C12H14OS. The number of rotatable bonds is 5. The zero-order chi connectivity index (χ0) is 10.2. The van der Waals surface area contributed by atoms with Crippen LogP contribution in [0.2, 0.25) is 0 Å². The highest BCUT2D eigenvalue weighted by atomic mass is 32.2. The van der Waals surface area contributed by atoms with E-state index in [1.807, 2.05) is 30.3 Å². The second-order valence-electron chi connectivity index (χ2n) is 3.02. The first-order valence-corrected chi connectivity index (χ1v) is 6.03. The summed E-state index contributed by atoms with van der Waals surface area (Å²) in [5.74, 6) is 3.30. The van der Waals surface area contributed by atoms with Gasteiger partial charge in [0.05, 0.1) is 10.8 Å². The van der Waals surface area contributed by atoms with Gasteiger partial charge >= 0.3 is 0 Å². The van der Waals surface area contributed by atoms with Gasteiger partial charge in [-0.3, -0.25) is 4.21 Å². The van der Waals surface area contributed by atoms with Crippen molar-refractivity contribution in [3.8, 4) is 12.3 Å². The molecule has 0 spiro atoms. The standard InChI is InChI=1S/C12H14OS/c1-2-3-4-8-11-14(13)12-9-6-5-7-10-12/h1,5-7,9-10H,3-4,8,11H2/t14-/m0/s1. The lowest BCUT2D eigenvalue weighted by Gasteiger charge is -2.00. The largest absolute Gasteiger partial charge is 0.254 e. The Morgan fingerprint density at radius 2 is 1.93 bits per heavy atom. The van der Waals surface area contributed by atoms with Crippen LogP contribution in [0.1, 0.15) is 19.3 Å². The van der Waals surface area contributed by atoms with Crippen molar-refractivity contribution in [1.82, 2.24) is 0 Å². The van der Waals surface area contributed by atoms with Crippen molar-refractivity contribution in [3.63, 3.8) is 0 Å². The van der Waals surface area contributed by atoms with Gasteiger partial charge in [-0.2, -0.15) is 0 Å². The summed E-state index contributed by atoms with van der Waals surface area (Å²) in [6.45, 7) is 0. The van der Waals surface area contributed by atoms with Crippen LogP contribution in [-0.4, -0.2) is 9.96 Å². The number of terminal acetylenes is 1. The van der Waals surface area contributed by atoms with Gasteiger partial charge in [-0.1, -0.05) is 18.2 Å². The van der Waals surface area contributed by atoms with Crippen LogP contribution in [0, 0.1) is 12.3 Å². The lowest BCUT2D eigenvalue weighted by Crippen LogP contribution is -1.97. The van der Waals surface area contributed by atoms with Gasteiger partial charge in [0.15, 0.2) is 0 Å². The van der Waals surface area contributed by atoms with Gasteiger partial charge in [-0.05, 0) is 25.0 Å². The number of benzene rings is 1. The second-order valence-corrected chi connectivity index (χ2v) is 4.59. The molecule has 1 rings (SSSR count). The molecule has 0 aliphatic heterocycles. The van der Waals surface area contributed by atoms with E-state index in [4.69, 9.17) is 6.42 Å². The van der Waals surface area contributed by atoms with Crippen LogP contribution in [0.15, 0.2) is 35.2 Å². The number of unbranched alkanes of at least 4 members (excludes halogenated alkanes) is 2. The molecular weight excluding hydrogens is 192 g/mol. The highest BCUT2D eigenvalue weighted by Crippen LogP contribution is 2.07. The molecule has 2 heteroatoms. The van der Waals surface area contributed by atoms with Gasteiger partial charge < -0.3 is 0 Å². The third kappa shape index (κ3) is 3.76. The fourth-order valence-corrected chi connectivity index (χ4v) is 2.31. The smallest absolute Gasteiger partial charge is 0.0529 e. The first-order valence-electron chi connectivity index (χ1n) is 4.71. The molecule has 0 N–H and O–H groups in total. The Hall–Kier alpha value is -1.07. The zero-order valence-corrected chi connectivity index (χ0v) is 8.93. The second kappa shape index (κ2) is 6.39. The van der Waals surface area contributed by atoms with Crippen LogP contribution in [0.25, 0.3) is 0 Å². The van der Waals surface area contributed by atoms with Crippen molar-refractivity contribution in [1.29, 1.82) is 0 Å². The minimum atomic E-state index is -0.855. The van der Waals surface area contributed by atoms with E-state index in [0.29, 0.717) is 5.75 Å². The zero-order valence-electron chi connectivity index (χ0n) is 8.11. The van der Waals surface area contributed by atoms with Crippen LogP contribution < -0.4 is 0 Å². The third-order valence-corrected chi connectivity index (χ3v) is 3.36. The van der Waals surface area contributed by atoms with Gasteiger partial charge in [0.2, 0.25) is 0 Å². The van der Waals surface area contributed by atoms with E-state index in [9.17, 15) is 4.21 Å². The molecule has 1 aromatic rings. The predicted octanol–water partition coefficient (Wildman–Crippen LogP) is 2.60. The van der Waals surface area contributed by atoms with Crippen molar-refractivity contribution >= 4 is 10.8 Å². The van der Waals surface area contributed by atoms with Crippen LogP contribution >= 0.6 is 0 Å². The summed E-state index contributed by atoms with van der Waals surface area (Å²) in [5.41, 5.74) is 0. The quantitative estimate of drug-likeness (QED) is 0.534. The Kier molecular flexibility index (Phi) is 5.03. The molecule has 0 amide bonds. The van der Waals surface area contributed by atoms with E-state index in [1.165, 1.54) is 0 Å². The van der Waals surface area contributed by atoms with Gasteiger partial charge in [0, 0.05) is 17.1 Å². The van der Waals surface area contributed by atoms with E-state index < -0.39 is 10.8 Å². The van der Waals surface area contributed by atoms with Crippen molar-refractivity contribution in [2.75, 3.05) is 5.75 Å². The molecule has 14 heavy (non-hydrogen) atoms. The first kappa shape index (κ1) is 11.0. The highest BCUT2D eigenvalue weighted by molar-refractivity contribution is 7.85. The van der Waals surface area contributed by atoms with E-state index in [2.05, 4.69) is 5.92 Å². The van der Waals surface area contributed by atoms with Crippen molar-refractivity contribution in [3.05, 3.63) is 30.3 Å². The van der Waals surface area contributed by atoms with E-state index in [-0.39, 0.29) is 0 Å². The normalized spacial score (nSPS) is 11.9. The van der Waals surface area contributed by atoms with Crippen LogP contribution in [0.4, 0.5) is 0 Å². The summed E-state index contributed by atoms with van der Waals surface area (Å²) in [6, 6.07) is 9.55. The fourth-order valence-electron chi connectivity index (χ4n) is 1.15. The summed E-state index contributed by atoms with van der Waals surface area (Å²) in [7, 11) is -0.855. The minimum absolute atomic E-state index is 0.714. The summed E-state index contributed by atoms with van der Waals surface area (Å²) in [6.07, 6.45) is 7.82. The maximum Gasteiger partial charge on any atom is 0.0529 e. The summed E-state index contributed by atoms with van der Waals surface area (Å²) >= 11 is 0. The molecule has 0 fully saturated rings. The summed E-state index contributed by atoms with van der Waals surface area (Å²) < 4.78 is 11.7. The van der Waals surface area contributed by atoms with Gasteiger partial charge in [-0.25, -0.2) is 0 Å². The Morgan fingerprint density at radius 3 is 2.57 bits per heavy atom. The molecule has 0 radical (unpaired) electrons. The van der Waals surface area contributed by atoms with Gasteiger partial charge in [0.1, 0.15) is 0 Å². The average molecular weight is 206 g/mol. The first-order chi connectivity index (χ1) is 6.84. The topological polar surface area (TPSA) is 17.1 Å². The van der Waals surface area contributed by atoms with E-state index >= 15 is 0 Å². The van der Waals surface area contributed by atoms with E-state index in [0.717, 1.165) is 24.2 Å². The minimum Gasteiger partial charge on any atom is -0.254 e. The molecule has 0 aromatic heterocycles. The molecule has 1 aromatic carbocycles. The lowest BCUT2D eigenvalue weighted by atomic mass is 10.3. The summed E-state index contributed by atoms with van der Waals surface area (Å²) in [4.78, 5) is 0.910. The Bertz CT molecular complexity index is 324. The maximum absolute atomic E-state index is 11.7. The molecule has 0 bridgehead atoms. The van der Waals surface area contributed by atoms with E-state index in [1.54, 1.807) is 0 Å². The van der Waals surface area contributed by atoms with Crippen LogP contribution in [-0.2, 0) is 10.8 Å².